The van der Waals surface area contributed by atoms with Crippen LogP contribution in [0.3, 0.4) is 0 Å². The first-order chi connectivity index (χ1) is 18.1. The molecule has 0 aliphatic carbocycles. The molecular weight excluding hydrogens is 558 g/mol. The van der Waals surface area contributed by atoms with E-state index in [-0.39, 0.29) is 17.9 Å². The molecule has 1 fully saturated rings. The Morgan fingerprint density at radius 1 is 1.18 bits per heavy atom. The number of nitrogens with one attached hydrogen (secondary N) is 1. The van der Waals surface area contributed by atoms with Crippen molar-refractivity contribution in [1.82, 2.24) is 19.5 Å². The zero-order valence-corrected chi connectivity index (χ0v) is 23.3. The summed E-state index contributed by atoms with van der Waals surface area (Å²) in [7, 11) is 0. The second-order valence-corrected chi connectivity index (χ2v) is 11.1. The van der Waals surface area contributed by atoms with Crippen LogP contribution >= 0.6 is 34.7 Å². The number of rotatable bonds is 10. The van der Waals surface area contributed by atoms with Crippen LogP contribution in [0.1, 0.15) is 33.9 Å². The summed E-state index contributed by atoms with van der Waals surface area (Å²) in [6.07, 6.45) is -2.62. The van der Waals surface area contributed by atoms with Gasteiger partial charge in [-0.1, -0.05) is 6.07 Å². The number of carbonyl (C=O) groups excluding carboxylic acids is 3. The zero-order chi connectivity index (χ0) is 27.4. The van der Waals surface area contributed by atoms with Gasteiger partial charge in [0.1, 0.15) is 12.7 Å². The van der Waals surface area contributed by atoms with Crippen LogP contribution in [-0.4, -0.2) is 74.1 Å². The minimum atomic E-state index is -1.08. The molecule has 1 aliphatic rings. The molecule has 15 heteroatoms. The van der Waals surface area contributed by atoms with Crippen LogP contribution in [0.25, 0.3) is 11.2 Å². The van der Waals surface area contributed by atoms with E-state index >= 15 is 0 Å². The van der Waals surface area contributed by atoms with Crippen molar-refractivity contribution in [3.63, 3.8) is 0 Å². The average Bonchev–Trinajstić information content (AvgIpc) is 3.56. The van der Waals surface area contributed by atoms with E-state index in [0.717, 1.165) is 5.75 Å². The fourth-order valence-electron chi connectivity index (χ4n) is 3.92. The van der Waals surface area contributed by atoms with Gasteiger partial charge in [-0.3, -0.25) is 19.0 Å². The Labute approximate surface area is 231 Å². The lowest BCUT2D eigenvalue weighted by Gasteiger charge is -2.23. The van der Waals surface area contributed by atoms with E-state index < -0.39 is 42.4 Å². The monoisotopic (exact) mass is 583 g/mol. The van der Waals surface area contributed by atoms with Gasteiger partial charge in [0.05, 0.1) is 10.5 Å². The summed E-state index contributed by atoms with van der Waals surface area (Å²) in [5.41, 5.74) is 0.725. The average molecular weight is 584 g/mol. The Morgan fingerprint density at radius 3 is 2.58 bits per heavy atom. The number of esters is 3. The largest absolute Gasteiger partial charge is 0.463 e. The van der Waals surface area contributed by atoms with Crippen molar-refractivity contribution in [2.45, 2.75) is 62.5 Å². The lowest BCUT2D eigenvalue weighted by Crippen LogP contribution is -2.40. The topological polar surface area (TPSA) is 144 Å². The normalized spacial score (nSPS) is 21.7. The summed E-state index contributed by atoms with van der Waals surface area (Å²) in [5.74, 6) is -0.589. The molecule has 204 valence electrons. The van der Waals surface area contributed by atoms with Gasteiger partial charge in [0.25, 0.3) is 0 Å². The highest BCUT2D eigenvalue weighted by Gasteiger charge is 2.51. The molecule has 0 aromatic carbocycles. The number of hydrogen-bond donors (Lipinski definition) is 1. The first-order valence-electron chi connectivity index (χ1n) is 11.6. The molecule has 0 unspecified atom stereocenters. The van der Waals surface area contributed by atoms with Crippen LogP contribution in [-0.2, 0) is 33.3 Å². The van der Waals surface area contributed by atoms with Gasteiger partial charge in [0, 0.05) is 32.6 Å². The molecule has 12 nitrogen and oxygen atoms in total. The van der Waals surface area contributed by atoms with E-state index in [1.165, 1.54) is 35.9 Å². The molecule has 4 heterocycles. The van der Waals surface area contributed by atoms with E-state index in [1.807, 2.05) is 18.4 Å². The van der Waals surface area contributed by atoms with E-state index in [2.05, 4.69) is 26.3 Å². The molecule has 5 atom stereocenters. The second-order valence-electron chi connectivity index (χ2n) is 8.47. The fourth-order valence-corrected chi connectivity index (χ4v) is 5.85. The number of fused-ring (bicyclic) bond motifs is 1. The minimum absolute atomic E-state index is 0.0133. The molecule has 0 spiro atoms. The zero-order valence-electron chi connectivity index (χ0n) is 21.0. The molecule has 4 rings (SSSR count). The molecule has 0 bridgehead atoms. The third-order valence-electron chi connectivity index (χ3n) is 5.36. The number of thioether (sulfide) groups is 1. The maximum Gasteiger partial charge on any atom is 0.303 e. The molecule has 1 aliphatic heterocycles. The predicted octanol–water partition coefficient (Wildman–Crippen LogP) is 3.46. The van der Waals surface area contributed by atoms with Crippen molar-refractivity contribution in [2.75, 3.05) is 17.7 Å². The summed E-state index contributed by atoms with van der Waals surface area (Å²) in [4.78, 5) is 48.4. The van der Waals surface area contributed by atoms with Crippen molar-refractivity contribution in [3.8, 4) is 0 Å². The number of carbonyl (C=O) groups is 3. The standard InChI is InChI=1S/C23H26ClN5O7S2/c1-11(9-38-16-6-5-7-37-16)26-20-17-21(28-23(24)27-20)29(10-25-17)22-19(35-14(4)32)18(34-13(3)31)15(36-22)8-33-12(2)30/h5-7,10-11,15,18-19,22H,8-9H2,1-4H3,(H,26,27,28)/t11-,15-,18-,19-,22-/m1/s1. The van der Waals surface area contributed by atoms with Gasteiger partial charge in [-0.25, -0.2) is 4.98 Å². The van der Waals surface area contributed by atoms with Crippen LogP contribution in [0.15, 0.2) is 28.0 Å². The van der Waals surface area contributed by atoms with Crippen LogP contribution in [0.5, 0.6) is 0 Å². The van der Waals surface area contributed by atoms with Crippen molar-refractivity contribution in [2.24, 2.45) is 0 Å². The molecule has 1 N–H and O–H groups in total. The van der Waals surface area contributed by atoms with Crippen molar-refractivity contribution >= 4 is 69.6 Å². The molecule has 3 aromatic heterocycles. The number of anilines is 1. The molecule has 1 saturated heterocycles. The predicted molar refractivity (Wildman–Crippen MR) is 140 cm³/mol. The quantitative estimate of drug-likeness (QED) is 0.161. The van der Waals surface area contributed by atoms with Crippen LogP contribution in [0.4, 0.5) is 5.82 Å². The SMILES string of the molecule is CC(=O)OC[C@H]1O[C@@H](n2cnc3c(N[C@H](C)CSc4cccs4)nc(Cl)nc32)[C@H](OC(C)=O)[C@@H]1OC(C)=O. The maximum absolute atomic E-state index is 12.0. The van der Waals surface area contributed by atoms with Crippen molar-refractivity contribution < 1.29 is 33.3 Å². The molecule has 0 radical (unpaired) electrons. The Hall–Kier alpha value is -2.94. The van der Waals surface area contributed by atoms with E-state index in [9.17, 15) is 14.4 Å². The minimum Gasteiger partial charge on any atom is -0.463 e. The van der Waals surface area contributed by atoms with E-state index in [1.54, 1.807) is 23.1 Å². The Bertz CT molecular complexity index is 1300. The molecular formula is C23H26ClN5O7S2. The number of halogens is 1. The highest BCUT2D eigenvalue weighted by Crippen LogP contribution is 2.37. The smallest absolute Gasteiger partial charge is 0.303 e. The van der Waals surface area contributed by atoms with Crippen molar-refractivity contribution in [3.05, 3.63) is 29.1 Å². The van der Waals surface area contributed by atoms with Crippen molar-refractivity contribution in [1.29, 1.82) is 0 Å². The number of ether oxygens (including phenoxy) is 4. The van der Waals surface area contributed by atoms with E-state index in [0.29, 0.717) is 17.0 Å². The summed E-state index contributed by atoms with van der Waals surface area (Å²) in [5, 5.41) is 5.32. The Morgan fingerprint density at radius 2 is 1.92 bits per heavy atom. The first-order valence-corrected chi connectivity index (χ1v) is 13.8. The van der Waals surface area contributed by atoms with Gasteiger partial charge in [0.15, 0.2) is 35.4 Å². The van der Waals surface area contributed by atoms with Crippen LogP contribution in [0, 0.1) is 0 Å². The molecule has 0 saturated carbocycles. The van der Waals surface area contributed by atoms with E-state index in [4.69, 9.17) is 30.5 Å². The lowest BCUT2D eigenvalue weighted by atomic mass is 10.1. The first kappa shape index (κ1) is 28.1. The Kier molecular flexibility index (Phi) is 9.07. The molecule has 38 heavy (non-hydrogen) atoms. The molecule has 0 amide bonds. The number of hydrogen-bond acceptors (Lipinski definition) is 13. The Balaban J connectivity index is 1.64. The van der Waals surface area contributed by atoms with Gasteiger partial charge >= 0.3 is 17.9 Å². The highest BCUT2D eigenvalue weighted by atomic mass is 35.5. The lowest BCUT2D eigenvalue weighted by molar-refractivity contribution is -0.166. The number of imidazole rings is 1. The number of thiophene rings is 1. The van der Waals surface area contributed by atoms with Gasteiger partial charge in [-0.05, 0) is 30.0 Å². The summed E-state index contributed by atoms with van der Waals surface area (Å²) in [6, 6.07) is 4.07. The maximum atomic E-state index is 12.0. The van der Waals surface area contributed by atoms with Gasteiger partial charge in [-0.2, -0.15) is 9.97 Å². The molecule has 3 aromatic rings. The van der Waals surface area contributed by atoms with Crippen LogP contribution in [0.2, 0.25) is 5.28 Å². The third-order valence-corrected chi connectivity index (χ3v) is 7.92. The second kappa shape index (κ2) is 12.3. The van der Waals surface area contributed by atoms with Crippen LogP contribution < -0.4 is 5.32 Å². The van der Waals surface area contributed by atoms with Gasteiger partial charge in [0.2, 0.25) is 5.28 Å². The number of aromatic nitrogens is 4. The summed E-state index contributed by atoms with van der Waals surface area (Å²) in [6.45, 7) is 5.48. The van der Waals surface area contributed by atoms with Gasteiger partial charge < -0.3 is 24.3 Å². The summed E-state index contributed by atoms with van der Waals surface area (Å²) < 4.78 is 24.9. The number of nitrogens with zero attached hydrogens (tertiary/aromatic N) is 4. The van der Waals surface area contributed by atoms with Gasteiger partial charge in [-0.15, -0.1) is 23.1 Å². The third kappa shape index (κ3) is 6.73. The highest BCUT2D eigenvalue weighted by molar-refractivity contribution is 8.01. The summed E-state index contributed by atoms with van der Waals surface area (Å²) >= 11 is 9.66. The fraction of sp³-hybridized carbons (Fsp3) is 0.478.